The zero-order chi connectivity index (χ0) is 24.0. The zero-order valence-electron chi connectivity index (χ0n) is 18.3. The number of fused-ring (bicyclic) bond motifs is 1. The normalized spacial score (nSPS) is 21.1. The summed E-state index contributed by atoms with van der Waals surface area (Å²) in [6.07, 6.45) is 3.07. The zero-order valence-corrected chi connectivity index (χ0v) is 18.3. The number of imide groups is 1. The van der Waals surface area contributed by atoms with Crippen LogP contribution in [0.3, 0.4) is 0 Å². The van der Waals surface area contributed by atoms with Crippen molar-refractivity contribution < 1.29 is 28.0 Å². The molecule has 4 amide bonds. The van der Waals surface area contributed by atoms with Gasteiger partial charge in [0.25, 0.3) is 11.8 Å². The molecule has 3 aliphatic rings. The van der Waals surface area contributed by atoms with Gasteiger partial charge in [0.1, 0.15) is 17.7 Å². The number of nitrogens with one attached hydrogen (secondary N) is 2. The van der Waals surface area contributed by atoms with Crippen molar-refractivity contribution in [1.29, 1.82) is 0 Å². The van der Waals surface area contributed by atoms with Crippen molar-refractivity contribution in [3.05, 3.63) is 70.3 Å². The van der Waals surface area contributed by atoms with Gasteiger partial charge in [-0.05, 0) is 55.0 Å². The van der Waals surface area contributed by atoms with Crippen molar-refractivity contribution in [2.75, 3.05) is 0 Å². The van der Waals surface area contributed by atoms with Gasteiger partial charge in [-0.3, -0.25) is 24.5 Å². The van der Waals surface area contributed by atoms with Gasteiger partial charge in [0, 0.05) is 35.7 Å². The first-order valence-electron chi connectivity index (χ1n) is 11.3. The minimum absolute atomic E-state index is 0.0583. The summed E-state index contributed by atoms with van der Waals surface area (Å²) in [7, 11) is 0. The molecule has 2 aliphatic heterocycles. The molecular formula is C25H23F2N3O4. The fraction of sp³-hybridized carbons (Fsp3) is 0.360. The standard InChI is InChI=1S/C25H23F2N3O4/c26-16-5-7-18(19(27)11-16)22(13-2-1-3-13)29-23(32)14-4-6-17-15(10-14)12-30(25(17)34)20-8-9-21(31)28-24(20)33/h4-7,10-11,13,20,22H,1-3,8-9,12H2,(H,29,32)(H,28,31,33)/t20?,22-/m0/s1. The number of benzene rings is 2. The van der Waals surface area contributed by atoms with E-state index in [2.05, 4.69) is 10.6 Å². The predicted octanol–water partition coefficient (Wildman–Crippen LogP) is 3.00. The summed E-state index contributed by atoms with van der Waals surface area (Å²) in [5.41, 5.74) is 1.57. The second kappa shape index (κ2) is 8.62. The van der Waals surface area contributed by atoms with Crippen LogP contribution >= 0.6 is 0 Å². The van der Waals surface area contributed by atoms with Crippen LogP contribution in [0.15, 0.2) is 36.4 Å². The minimum Gasteiger partial charge on any atom is -0.345 e. The number of hydrogen-bond donors (Lipinski definition) is 2. The summed E-state index contributed by atoms with van der Waals surface area (Å²) in [6, 6.07) is 6.73. The third kappa shape index (κ3) is 3.95. The summed E-state index contributed by atoms with van der Waals surface area (Å²) in [5, 5.41) is 5.16. The molecule has 7 nitrogen and oxygen atoms in total. The fourth-order valence-electron chi connectivity index (χ4n) is 4.92. The number of halogens is 2. The first-order chi connectivity index (χ1) is 16.3. The molecule has 1 aliphatic carbocycles. The molecule has 0 radical (unpaired) electrons. The van der Waals surface area contributed by atoms with Gasteiger partial charge in [-0.25, -0.2) is 8.78 Å². The maximum absolute atomic E-state index is 14.5. The van der Waals surface area contributed by atoms with Gasteiger partial charge < -0.3 is 10.2 Å². The van der Waals surface area contributed by atoms with E-state index in [1.165, 1.54) is 23.1 Å². The van der Waals surface area contributed by atoms with Crippen molar-refractivity contribution in [1.82, 2.24) is 15.5 Å². The Kier molecular flexibility index (Phi) is 5.63. The number of piperidine rings is 1. The Labute approximate surface area is 194 Å². The first-order valence-corrected chi connectivity index (χ1v) is 11.3. The molecule has 1 saturated carbocycles. The molecule has 2 heterocycles. The molecule has 2 aromatic rings. The number of nitrogens with zero attached hydrogens (tertiary/aromatic N) is 1. The summed E-state index contributed by atoms with van der Waals surface area (Å²) < 4.78 is 27.9. The van der Waals surface area contributed by atoms with Crippen LogP contribution in [0.25, 0.3) is 0 Å². The summed E-state index contributed by atoms with van der Waals surface area (Å²) in [5.74, 6) is -2.92. The monoisotopic (exact) mass is 467 g/mol. The molecule has 1 saturated heterocycles. The second-order valence-electron chi connectivity index (χ2n) is 9.08. The third-order valence-electron chi connectivity index (χ3n) is 6.99. The molecule has 34 heavy (non-hydrogen) atoms. The maximum Gasteiger partial charge on any atom is 0.255 e. The molecular weight excluding hydrogens is 444 g/mol. The topological polar surface area (TPSA) is 95.6 Å². The number of amides is 4. The van der Waals surface area contributed by atoms with E-state index in [-0.39, 0.29) is 42.7 Å². The summed E-state index contributed by atoms with van der Waals surface area (Å²) in [4.78, 5) is 51.0. The highest BCUT2D eigenvalue weighted by atomic mass is 19.1. The van der Waals surface area contributed by atoms with Crippen LogP contribution in [-0.4, -0.2) is 34.6 Å². The molecule has 2 aromatic carbocycles. The highest BCUT2D eigenvalue weighted by molar-refractivity contribution is 6.06. The van der Waals surface area contributed by atoms with Crippen LogP contribution in [-0.2, 0) is 16.1 Å². The van der Waals surface area contributed by atoms with Gasteiger partial charge in [-0.15, -0.1) is 0 Å². The van der Waals surface area contributed by atoms with Gasteiger partial charge in [0.05, 0.1) is 6.04 Å². The lowest BCUT2D eigenvalue weighted by atomic mass is 9.77. The lowest BCUT2D eigenvalue weighted by Crippen LogP contribution is -2.52. The summed E-state index contributed by atoms with van der Waals surface area (Å²) in [6.45, 7) is 0.153. The van der Waals surface area contributed by atoms with Crippen LogP contribution in [0.2, 0.25) is 0 Å². The summed E-state index contributed by atoms with van der Waals surface area (Å²) >= 11 is 0. The van der Waals surface area contributed by atoms with E-state index in [4.69, 9.17) is 0 Å². The Hall–Kier alpha value is -3.62. The molecule has 2 fully saturated rings. The van der Waals surface area contributed by atoms with E-state index < -0.39 is 35.5 Å². The maximum atomic E-state index is 14.5. The van der Waals surface area contributed by atoms with Crippen molar-refractivity contribution in [2.24, 2.45) is 5.92 Å². The van der Waals surface area contributed by atoms with E-state index in [0.29, 0.717) is 16.7 Å². The quantitative estimate of drug-likeness (QED) is 0.661. The minimum atomic E-state index is -0.737. The Morgan fingerprint density at radius 3 is 2.53 bits per heavy atom. The highest BCUT2D eigenvalue weighted by Gasteiger charge is 2.39. The van der Waals surface area contributed by atoms with E-state index >= 15 is 0 Å². The van der Waals surface area contributed by atoms with Crippen LogP contribution < -0.4 is 10.6 Å². The molecule has 1 unspecified atom stereocenters. The number of rotatable bonds is 5. The van der Waals surface area contributed by atoms with Crippen LogP contribution in [0.4, 0.5) is 8.78 Å². The Bertz CT molecular complexity index is 1210. The Morgan fingerprint density at radius 1 is 1.06 bits per heavy atom. The SMILES string of the molecule is O=C1CCC(N2Cc3cc(C(=O)N[C@H](c4ccc(F)cc4F)C4CCC4)ccc3C2=O)C(=O)N1. The predicted molar refractivity (Wildman–Crippen MR) is 116 cm³/mol. The van der Waals surface area contributed by atoms with Crippen molar-refractivity contribution in [3.8, 4) is 0 Å². The number of carbonyl (C=O) groups excluding carboxylic acids is 4. The first kappa shape index (κ1) is 22.2. The highest BCUT2D eigenvalue weighted by Crippen LogP contribution is 2.39. The Balaban J connectivity index is 1.35. The van der Waals surface area contributed by atoms with Crippen LogP contribution in [0.1, 0.15) is 70.0 Å². The molecule has 9 heteroatoms. The lowest BCUT2D eigenvalue weighted by molar-refractivity contribution is -0.136. The third-order valence-corrected chi connectivity index (χ3v) is 6.99. The molecule has 0 spiro atoms. The molecule has 2 atom stereocenters. The van der Waals surface area contributed by atoms with E-state index in [0.717, 1.165) is 25.3 Å². The van der Waals surface area contributed by atoms with Crippen LogP contribution in [0.5, 0.6) is 0 Å². The average molecular weight is 467 g/mol. The van der Waals surface area contributed by atoms with E-state index in [1.807, 2.05) is 0 Å². The van der Waals surface area contributed by atoms with E-state index in [9.17, 15) is 28.0 Å². The van der Waals surface area contributed by atoms with Crippen LogP contribution in [0, 0.1) is 17.6 Å². The molecule has 2 N–H and O–H groups in total. The van der Waals surface area contributed by atoms with Crippen molar-refractivity contribution in [2.45, 2.75) is 50.7 Å². The number of carbonyl (C=O) groups is 4. The smallest absolute Gasteiger partial charge is 0.255 e. The van der Waals surface area contributed by atoms with Gasteiger partial charge >= 0.3 is 0 Å². The van der Waals surface area contributed by atoms with Gasteiger partial charge in [-0.2, -0.15) is 0 Å². The van der Waals surface area contributed by atoms with Crippen molar-refractivity contribution in [3.63, 3.8) is 0 Å². The molecule has 0 bridgehead atoms. The average Bonchev–Trinajstić information content (AvgIpc) is 3.08. The fourth-order valence-corrected chi connectivity index (χ4v) is 4.92. The van der Waals surface area contributed by atoms with E-state index in [1.54, 1.807) is 12.1 Å². The van der Waals surface area contributed by atoms with Crippen molar-refractivity contribution >= 4 is 23.6 Å². The second-order valence-corrected chi connectivity index (χ2v) is 9.08. The lowest BCUT2D eigenvalue weighted by Gasteiger charge is -2.34. The van der Waals surface area contributed by atoms with Gasteiger partial charge in [-0.1, -0.05) is 12.5 Å². The molecule has 0 aromatic heterocycles. The molecule has 5 rings (SSSR count). The van der Waals surface area contributed by atoms with Gasteiger partial charge in [0.2, 0.25) is 11.8 Å². The largest absolute Gasteiger partial charge is 0.345 e. The molecule has 176 valence electrons. The Morgan fingerprint density at radius 2 is 1.85 bits per heavy atom. The number of hydrogen-bond acceptors (Lipinski definition) is 4. The van der Waals surface area contributed by atoms with Gasteiger partial charge in [0.15, 0.2) is 0 Å².